The molecule has 17 heavy (non-hydrogen) atoms. The number of anilines is 1. The highest BCUT2D eigenvalue weighted by molar-refractivity contribution is 7.89. The van der Waals surface area contributed by atoms with E-state index in [1.807, 2.05) is 18.9 Å². The highest BCUT2D eigenvalue weighted by atomic mass is 32.2. The van der Waals surface area contributed by atoms with Crippen LogP contribution in [0.1, 0.15) is 6.92 Å². The second kappa shape index (κ2) is 5.95. The molecule has 3 N–H and O–H groups in total. The minimum atomic E-state index is -3.56. The van der Waals surface area contributed by atoms with Crippen molar-refractivity contribution in [3.63, 3.8) is 0 Å². The van der Waals surface area contributed by atoms with Gasteiger partial charge in [0, 0.05) is 19.3 Å². The zero-order valence-electron chi connectivity index (χ0n) is 10.0. The lowest BCUT2D eigenvalue weighted by Crippen LogP contribution is -2.33. The Hall–Kier alpha value is -1.18. The lowest BCUT2D eigenvalue weighted by atomic mass is 10.5. The maximum atomic E-state index is 11.9. The zero-order chi connectivity index (χ0) is 12.9. The molecule has 1 aromatic rings. The van der Waals surface area contributed by atoms with Crippen molar-refractivity contribution in [3.8, 4) is 0 Å². The summed E-state index contributed by atoms with van der Waals surface area (Å²) in [6.45, 7) is 3.88. The van der Waals surface area contributed by atoms with Gasteiger partial charge in [0.05, 0.1) is 0 Å². The van der Waals surface area contributed by atoms with Gasteiger partial charge in [0.2, 0.25) is 10.0 Å². The Bertz CT molecular complexity index is 461. The number of likely N-dealkylation sites (N-methyl/N-ethyl adjacent to an activating group) is 1. The predicted octanol–water partition coefficient (Wildman–Crippen LogP) is -0.106. The molecule has 0 aliphatic rings. The van der Waals surface area contributed by atoms with Crippen molar-refractivity contribution in [2.45, 2.75) is 11.8 Å². The molecule has 0 spiro atoms. The van der Waals surface area contributed by atoms with Crippen molar-refractivity contribution in [2.75, 3.05) is 32.4 Å². The minimum absolute atomic E-state index is 0.0175. The predicted molar refractivity (Wildman–Crippen MR) is 67.0 cm³/mol. The third-order valence-electron chi connectivity index (χ3n) is 2.41. The molecular weight excluding hydrogens is 240 g/mol. The molecule has 0 amide bonds. The van der Waals surface area contributed by atoms with Crippen LogP contribution in [0.3, 0.4) is 0 Å². The molecule has 0 aromatic carbocycles. The number of hydrogen-bond donors (Lipinski definition) is 2. The van der Waals surface area contributed by atoms with Gasteiger partial charge in [0.25, 0.3) is 0 Å². The zero-order valence-corrected chi connectivity index (χ0v) is 10.9. The number of nitrogens with two attached hydrogens (primary N) is 1. The Morgan fingerprint density at radius 1 is 1.53 bits per heavy atom. The van der Waals surface area contributed by atoms with Crippen molar-refractivity contribution < 1.29 is 8.42 Å². The standard InChI is InChI=1S/C10H18N4O2S/c1-3-14(2)8-7-13-17(15,16)9-5-4-6-12-10(9)11/h4-6,13H,3,7-8H2,1-2H3,(H2,11,12). The Labute approximate surface area is 102 Å². The Balaban J connectivity index is 2.67. The van der Waals surface area contributed by atoms with Crippen molar-refractivity contribution in [3.05, 3.63) is 18.3 Å². The fourth-order valence-electron chi connectivity index (χ4n) is 1.24. The SMILES string of the molecule is CCN(C)CCNS(=O)(=O)c1cccnc1N. The van der Waals surface area contributed by atoms with E-state index in [-0.39, 0.29) is 10.7 Å². The van der Waals surface area contributed by atoms with Gasteiger partial charge in [-0.05, 0) is 25.7 Å². The van der Waals surface area contributed by atoms with E-state index in [1.54, 1.807) is 6.07 Å². The molecule has 6 nitrogen and oxygen atoms in total. The largest absolute Gasteiger partial charge is 0.383 e. The third kappa shape index (κ3) is 3.95. The molecule has 1 aromatic heterocycles. The van der Waals surface area contributed by atoms with Crippen LogP contribution in [-0.4, -0.2) is 45.0 Å². The minimum Gasteiger partial charge on any atom is -0.383 e. The van der Waals surface area contributed by atoms with Gasteiger partial charge in [-0.2, -0.15) is 0 Å². The summed E-state index contributed by atoms with van der Waals surface area (Å²) in [5.74, 6) is 0.0175. The number of rotatable bonds is 6. The van der Waals surface area contributed by atoms with Gasteiger partial charge < -0.3 is 10.6 Å². The first kappa shape index (κ1) is 13.9. The molecule has 0 fully saturated rings. The number of nitrogens with zero attached hydrogens (tertiary/aromatic N) is 2. The number of sulfonamides is 1. The average Bonchev–Trinajstić information content (AvgIpc) is 2.28. The topological polar surface area (TPSA) is 88.3 Å². The molecule has 0 aliphatic heterocycles. The van der Waals surface area contributed by atoms with Crippen LogP contribution < -0.4 is 10.5 Å². The second-order valence-electron chi connectivity index (χ2n) is 3.68. The van der Waals surface area contributed by atoms with E-state index in [4.69, 9.17) is 5.73 Å². The van der Waals surface area contributed by atoms with Crippen LogP contribution in [0.15, 0.2) is 23.2 Å². The maximum Gasteiger partial charge on any atom is 0.244 e. The lowest BCUT2D eigenvalue weighted by molar-refractivity contribution is 0.358. The smallest absolute Gasteiger partial charge is 0.244 e. The van der Waals surface area contributed by atoms with Crippen LogP contribution in [0.5, 0.6) is 0 Å². The van der Waals surface area contributed by atoms with Crippen LogP contribution in [-0.2, 0) is 10.0 Å². The molecule has 0 atom stereocenters. The van der Waals surface area contributed by atoms with E-state index in [9.17, 15) is 8.42 Å². The van der Waals surface area contributed by atoms with E-state index in [0.717, 1.165) is 6.54 Å². The molecule has 0 unspecified atom stereocenters. The molecule has 0 aliphatic carbocycles. The molecule has 0 saturated heterocycles. The molecular formula is C10H18N4O2S. The van der Waals surface area contributed by atoms with E-state index in [1.165, 1.54) is 12.3 Å². The summed E-state index contributed by atoms with van der Waals surface area (Å²) in [6, 6.07) is 2.98. The van der Waals surface area contributed by atoms with Crippen LogP contribution in [0, 0.1) is 0 Å². The highest BCUT2D eigenvalue weighted by Crippen LogP contribution is 2.13. The summed E-state index contributed by atoms with van der Waals surface area (Å²) in [6.07, 6.45) is 1.46. The van der Waals surface area contributed by atoms with Crippen LogP contribution in [0.2, 0.25) is 0 Å². The van der Waals surface area contributed by atoms with Crippen molar-refractivity contribution in [1.82, 2.24) is 14.6 Å². The van der Waals surface area contributed by atoms with Crippen LogP contribution >= 0.6 is 0 Å². The number of nitrogen functional groups attached to an aromatic ring is 1. The van der Waals surface area contributed by atoms with Gasteiger partial charge in [-0.3, -0.25) is 0 Å². The molecule has 96 valence electrons. The normalized spacial score (nSPS) is 11.9. The molecule has 0 radical (unpaired) electrons. The maximum absolute atomic E-state index is 11.9. The Morgan fingerprint density at radius 2 is 2.24 bits per heavy atom. The molecule has 1 heterocycles. The van der Waals surface area contributed by atoms with Crippen LogP contribution in [0.4, 0.5) is 5.82 Å². The Kier molecular flexibility index (Phi) is 4.86. The summed E-state index contributed by atoms with van der Waals surface area (Å²) in [5, 5.41) is 0. The monoisotopic (exact) mass is 258 g/mol. The molecule has 7 heteroatoms. The van der Waals surface area contributed by atoms with E-state index in [0.29, 0.717) is 13.1 Å². The summed E-state index contributed by atoms with van der Waals surface area (Å²) >= 11 is 0. The first-order valence-electron chi connectivity index (χ1n) is 5.36. The molecule has 0 saturated carbocycles. The first-order chi connectivity index (χ1) is 7.97. The summed E-state index contributed by atoms with van der Waals surface area (Å²) < 4.78 is 26.2. The number of nitrogens with one attached hydrogen (secondary N) is 1. The van der Waals surface area contributed by atoms with Gasteiger partial charge in [0.15, 0.2) is 0 Å². The Morgan fingerprint density at radius 3 is 2.82 bits per heavy atom. The number of pyridine rings is 1. The van der Waals surface area contributed by atoms with Gasteiger partial charge in [-0.15, -0.1) is 0 Å². The molecule has 1 rings (SSSR count). The van der Waals surface area contributed by atoms with E-state index in [2.05, 4.69) is 9.71 Å². The van der Waals surface area contributed by atoms with Crippen molar-refractivity contribution in [2.24, 2.45) is 0 Å². The van der Waals surface area contributed by atoms with E-state index >= 15 is 0 Å². The fourth-order valence-corrected chi connectivity index (χ4v) is 2.34. The third-order valence-corrected chi connectivity index (χ3v) is 3.92. The molecule has 0 bridgehead atoms. The highest BCUT2D eigenvalue weighted by Gasteiger charge is 2.17. The van der Waals surface area contributed by atoms with Crippen LogP contribution in [0.25, 0.3) is 0 Å². The summed E-state index contributed by atoms with van der Waals surface area (Å²) in [5.41, 5.74) is 5.52. The summed E-state index contributed by atoms with van der Waals surface area (Å²) in [4.78, 5) is 5.79. The summed E-state index contributed by atoms with van der Waals surface area (Å²) in [7, 11) is -1.64. The first-order valence-corrected chi connectivity index (χ1v) is 6.84. The van der Waals surface area contributed by atoms with Gasteiger partial charge in [0.1, 0.15) is 10.7 Å². The fraction of sp³-hybridized carbons (Fsp3) is 0.500. The number of hydrogen-bond acceptors (Lipinski definition) is 5. The van der Waals surface area contributed by atoms with Gasteiger partial charge in [-0.1, -0.05) is 6.92 Å². The van der Waals surface area contributed by atoms with Crippen molar-refractivity contribution in [1.29, 1.82) is 0 Å². The van der Waals surface area contributed by atoms with Crippen molar-refractivity contribution >= 4 is 15.8 Å². The van der Waals surface area contributed by atoms with Gasteiger partial charge in [-0.25, -0.2) is 18.1 Å². The van der Waals surface area contributed by atoms with E-state index < -0.39 is 10.0 Å². The lowest BCUT2D eigenvalue weighted by Gasteiger charge is -2.14. The number of aromatic nitrogens is 1. The second-order valence-corrected chi connectivity index (χ2v) is 5.42. The van der Waals surface area contributed by atoms with Gasteiger partial charge >= 0.3 is 0 Å². The average molecular weight is 258 g/mol. The quantitative estimate of drug-likeness (QED) is 0.743.